The predicted octanol–water partition coefficient (Wildman–Crippen LogP) is 14.0. The Morgan fingerprint density at radius 3 is 1.97 bits per heavy atom. The molecule has 0 amide bonds. The number of hydrogen-bond donors (Lipinski definition) is 1. The van der Waals surface area contributed by atoms with Gasteiger partial charge in [0, 0.05) is 73.9 Å². The van der Waals surface area contributed by atoms with Gasteiger partial charge in [0.05, 0.1) is 27.8 Å². The molecule has 12 aromatic rings. The van der Waals surface area contributed by atoms with Gasteiger partial charge >= 0.3 is 0 Å². The predicted molar refractivity (Wildman–Crippen MR) is 259 cm³/mol. The SMILES string of the molecule is C/C=C(\C=C(/Nn1c2ccccc2c2cc(-c3ncc(-c4ccc5c6ccccc6n(-c6ccc7oc8ccncc8c7c6)c5c4)cn3)ccc21)c1ccccc1)c1ccccc1. The molecule has 63 heavy (non-hydrogen) atoms. The molecule has 5 heterocycles. The molecule has 1 N–H and O–H groups in total. The molecule has 7 heteroatoms. The van der Waals surface area contributed by atoms with E-state index in [0.29, 0.717) is 5.82 Å². The Morgan fingerprint density at radius 2 is 1.17 bits per heavy atom. The van der Waals surface area contributed by atoms with Gasteiger partial charge in [0.15, 0.2) is 5.82 Å². The third kappa shape index (κ3) is 6.17. The minimum absolute atomic E-state index is 0.668. The Morgan fingerprint density at radius 1 is 0.508 bits per heavy atom. The molecule has 0 aliphatic rings. The molecule has 0 fully saturated rings. The van der Waals surface area contributed by atoms with Crippen molar-refractivity contribution < 1.29 is 4.42 Å². The molecule has 0 saturated carbocycles. The first-order valence-corrected chi connectivity index (χ1v) is 21.1. The summed E-state index contributed by atoms with van der Waals surface area (Å²) >= 11 is 0. The number of pyridine rings is 1. The first kappa shape index (κ1) is 36.3. The van der Waals surface area contributed by atoms with E-state index < -0.39 is 0 Å². The molecule has 0 atom stereocenters. The number of rotatable bonds is 8. The Bertz CT molecular complexity index is 3760. The summed E-state index contributed by atoms with van der Waals surface area (Å²) in [6.07, 6.45) is 11.9. The highest BCUT2D eigenvalue weighted by molar-refractivity contribution is 6.12. The second-order valence-corrected chi connectivity index (χ2v) is 15.8. The fourth-order valence-corrected chi connectivity index (χ4v) is 9.07. The molecule has 7 nitrogen and oxygen atoms in total. The number of benzene rings is 7. The van der Waals surface area contributed by atoms with Gasteiger partial charge in [0.1, 0.15) is 11.2 Å². The van der Waals surface area contributed by atoms with Gasteiger partial charge in [-0.05, 0) is 95.9 Å². The topological polar surface area (TPSA) is 73.7 Å². The molecule has 5 aromatic heterocycles. The molecule has 0 radical (unpaired) electrons. The van der Waals surface area contributed by atoms with Crippen molar-refractivity contribution in [1.82, 2.24) is 24.2 Å². The van der Waals surface area contributed by atoms with Crippen LogP contribution in [0.5, 0.6) is 0 Å². The highest BCUT2D eigenvalue weighted by atomic mass is 16.3. The highest BCUT2D eigenvalue weighted by Gasteiger charge is 2.18. The number of para-hydroxylation sites is 2. The van der Waals surface area contributed by atoms with Gasteiger partial charge < -0.3 is 8.98 Å². The summed E-state index contributed by atoms with van der Waals surface area (Å²) in [5.41, 5.74) is 18.2. The van der Waals surface area contributed by atoms with Crippen molar-refractivity contribution in [2.75, 3.05) is 5.43 Å². The van der Waals surface area contributed by atoms with Crippen molar-refractivity contribution in [3.63, 3.8) is 0 Å². The smallest absolute Gasteiger partial charge is 0.159 e. The summed E-state index contributed by atoms with van der Waals surface area (Å²) in [6.45, 7) is 2.08. The van der Waals surface area contributed by atoms with Gasteiger partial charge in [0.2, 0.25) is 0 Å². The summed E-state index contributed by atoms with van der Waals surface area (Å²) in [4.78, 5) is 14.3. The van der Waals surface area contributed by atoms with Crippen molar-refractivity contribution >= 4 is 76.8 Å². The quantitative estimate of drug-likeness (QED) is 0.155. The summed E-state index contributed by atoms with van der Waals surface area (Å²) in [6, 6.07) is 59.5. The van der Waals surface area contributed by atoms with Crippen LogP contribution >= 0.6 is 0 Å². The van der Waals surface area contributed by atoms with E-state index >= 15 is 0 Å². The second kappa shape index (κ2) is 14.9. The molecular formula is C56H38N6O. The van der Waals surface area contributed by atoms with E-state index in [-0.39, 0.29) is 0 Å². The average Bonchev–Trinajstić information content (AvgIpc) is 4.00. The van der Waals surface area contributed by atoms with Crippen LogP contribution in [0.4, 0.5) is 0 Å². The van der Waals surface area contributed by atoms with Crippen LogP contribution in [0.2, 0.25) is 0 Å². The zero-order chi connectivity index (χ0) is 41.9. The molecule has 0 spiro atoms. The molecule has 0 bridgehead atoms. The molecule has 7 aromatic carbocycles. The van der Waals surface area contributed by atoms with Gasteiger partial charge in [0.25, 0.3) is 0 Å². The molecule has 12 rings (SSSR count). The van der Waals surface area contributed by atoms with Crippen LogP contribution in [0.3, 0.4) is 0 Å². The van der Waals surface area contributed by atoms with Crippen LogP contribution in [0, 0.1) is 0 Å². The minimum atomic E-state index is 0.668. The van der Waals surface area contributed by atoms with Crippen LogP contribution in [0.15, 0.2) is 211 Å². The van der Waals surface area contributed by atoms with Crippen molar-refractivity contribution in [3.8, 4) is 28.2 Å². The summed E-state index contributed by atoms with van der Waals surface area (Å²) in [5.74, 6) is 0.668. The first-order chi connectivity index (χ1) is 31.2. The number of furan rings is 1. The monoisotopic (exact) mass is 810 g/mol. The molecule has 0 aliphatic heterocycles. The largest absolute Gasteiger partial charge is 0.456 e. The summed E-state index contributed by atoms with van der Waals surface area (Å²) in [5, 5.41) is 6.66. The molecule has 0 unspecified atom stereocenters. The van der Waals surface area contributed by atoms with E-state index in [1.54, 1.807) is 6.20 Å². The Labute approximate surface area is 362 Å². The number of nitrogens with one attached hydrogen (secondary N) is 1. The lowest BCUT2D eigenvalue weighted by Crippen LogP contribution is -2.13. The molecule has 0 saturated heterocycles. The molecule has 298 valence electrons. The summed E-state index contributed by atoms with van der Waals surface area (Å²) in [7, 11) is 0. The van der Waals surface area contributed by atoms with Crippen LogP contribution < -0.4 is 5.43 Å². The lowest BCUT2D eigenvalue weighted by molar-refractivity contribution is 0.668. The van der Waals surface area contributed by atoms with Gasteiger partial charge in [-0.3, -0.25) is 15.1 Å². The number of aromatic nitrogens is 5. The Balaban J connectivity index is 0.915. The third-order valence-corrected chi connectivity index (χ3v) is 12.1. The maximum Gasteiger partial charge on any atom is 0.159 e. The summed E-state index contributed by atoms with van der Waals surface area (Å²) < 4.78 is 10.7. The van der Waals surface area contributed by atoms with Gasteiger partial charge in [-0.1, -0.05) is 115 Å². The van der Waals surface area contributed by atoms with Gasteiger partial charge in [-0.15, -0.1) is 0 Å². The van der Waals surface area contributed by atoms with E-state index in [1.165, 1.54) is 10.8 Å². The zero-order valence-electron chi connectivity index (χ0n) is 34.3. The molecule has 0 aliphatic carbocycles. The Hall–Kier alpha value is -8.55. The van der Waals surface area contributed by atoms with Gasteiger partial charge in [-0.2, -0.15) is 0 Å². The van der Waals surface area contributed by atoms with Crippen LogP contribution in [0.25, 0.3) is 105 Å². The second-order valence-electron chi connectivity index (χ2n) is 15.8. The average molecular weight is 811 g/mol. The van der Waals surface area contributed by atoms with Crippen molar-refractivity contribution in [2.45, 2.75) is 6.92 Å². The normalized spacial score (nSPS) is 12.4. The van der Waals surface area contributed by atoms with E-state index in [9.17, 15) is 0 Å². The number of fused-ring (bicyclic) bond motifs is 9. The van der Waals surface area contributed by atoms with E-state index in [1.807, 2.05) is 36.8 Å². The van der Waals surface area contributed by atoms with E-state index in [0.717, 1.165) is 99.6 Å². The fourth-order valence-electron chi connectivity index (χ4n) is 9.07. The third-order valence-electron chi connectivity index (χ3n) is 12.1. The standard InChI is InChI=1S/C56H38N6O/c1-2-36(37-13-5-3-6-14-37)30-49(38-15-7-4-8-16-38)60-62-51-20-12-10-18-44(51)46-29-40(22-25-52(46)62)56-58-33-41(34-59-56)39-21-24-45-43-17-9-11-19-50(43)61(53(45)31-39)42-23-26-54-47(32-42)48-35-57-28-27-55(48)63-54/h2-35,60H,1H3/b36-2+,49-30-. The van der Waals surface area contributed by atoms with Crippen molar-refractivity contribution in [1.29, 1.82) is 0 Å². The van der Waals surface area contributed by atoms with E-state index in [2.05, 4.69) is 190 Å². The fraction of sp³-hybridized carbons (Fsp3) is 0.0179. The maximum atomic E-state index is 6.15. The first-order valence-electron chi connectivity index (χ1n) is 21.1. The van der Waals surface area contributed by atoms with Crippen LogP contribution in [0.1, 0.15) is 18.1 Å². The lowest BCUT2D eigenvalue weighted by Gasteiger charge is -2.16. The lowest BCUT2D eigenvalue weighted by atomic mass is 10.0. The number of hydrogen-bond acceptors (Lipinski definition) is 5. The van der Waals surface area contributed by atoms with E-state index in [4.69, 9.17) is 14.4 Å². The van der Waals surface area contributed by atoms with Crippen LogP contribution in [-0.4, -0.2) is 24.2 Å². The number of allylic oxidation sites excluding steroid dienone is 3. The minimum Gasteiger partial charge on any atom is -0.456 e. The van der Waals surface area contributed by atoms with Gasteiger partial charge in [-0.25, -0.2) is 9.97 Å². The number of nitrogens with zero attached hydrogens (tertiary/aromatic N) is 5. The highest BCUT2D eigenvalue weighted by Crippen LogP contribution is 2.38. The zero-order valence-corrected chi connectivity index (χ0v) is 34.3. The maximum absolute atomic E-state index is 6.15. The Kier molecular flexibility index (Phi) is 8.57. The molecular weight excluding hydrogens is 773 g/mol. The van der Waals surface area contributed by atoms with Crippen molar-refractivity contribution in [2.24, 2.45) is 0 Å². The van der Waals surface area contributed by atoms with Crippen molar-refractivity contribution in [3.05, 3.63) is 218 Å². The van der Waals surface area contributed by atoms with Crippen LogP contribution in [-0.2, 0) is 0 Å².